The molecule has 0 bridgehead atoms. The van der Waals surface area contributed by atoms with Crippen molar-refractivity contribution < 1.29 is 4.79 Å². The molecule has 0 spiro atoms. The third-order valence-electron chi connectivity index (χ3n) is 3.53. The van der Waals surface area contributed by atoms with Gasteiger partial charge >= 0.3 is 0 Å². The summed E-state index contributed by atoms with van der Waals surface area (Å²) in [4.78, 5) is 13.9. The number of rotatable bonds is 5. The van der Waals surface area contributed by atoms with Crippen LogP contribution < -0.4 is 16.0 Å². The highest BCUT2D eigenvalue weighted by Gasteiger charge is 2.23. The maximum absolute atomic E-state index is 12.1. The molecule has 2 rings (SSSR count). The van der Waals surface area contributed by atoms with E-state index in [0.717, 1.165) is 31.6 Å². The molecule has 1 aliphatic heterocycles. The van der Waals surface area contributed by atoms with Gasteiger partial charge in [-0.25, -0.2) is 0 Å². The van der Waals surface area contributed by atoms with E-state index in [1.54, 1.807) is 0 Å². The number of anilines is 1. The number of carbonyl (C=O) groups is 1. The Morgan fingerprint density at radius 3 is 2.89 bits per heavy atom. The number of amides is 1. The van der Waals surface area contributed by atoms with E-state index in [-0.39, 0.29) is 11.9 Å². The van der Waals surface area contributed by atoms with Crippen LogP contribution in [-0.4, -0.2) is 25.5 Å². The monoisotopic (exact) mass is 261 g/mol. The molecule has 1 aromatic carbocycles. The van der Waals surface area contributed by atoms with Crippen molar-refractivity contribution >= 4 is 11.6 Å². The van der Waals surface area contributed by atoms with Gasteiger partial charge < -0.3 is 16.0 Å². The van der Waals surface area contributed by atoms with E-state index in [1.807, 2.05) is 18.9 Å². The zero-order valence-electron chi connectivity index (χ0n) is 11.8. The normalized spacial score (nSPS) is 16.4. The van der Waals surface area contributed by atoms with Gasteiger partial charge in [0.05, 0.1) is 0 Å². The second kappa shape index (κ2) is 6.17. The van der Waals surface area contributed by atoms with E-state index in [2.05, 4.69) is 23.5 Å². The number of nitrogens with two attached hydrogens (primary N) is 1. The molecule has 1 atom stereocenters. The van der Waals surface area contributed by atoms with Gasteiger partial charge in [-0.05, 0) is 44.0 Å². The van der Waals surface area contributed by atoms with Crippen LogP contribution in [0, 0.1) is 0 Å². The minimum absolute atomic E-state index is 0.127. The lowest BCUT2D eigenvalue weighted by molar-refractivity contribution is -0.118. The van der Waals surface area contributed by atoms with Crippen LogP contribution in [0.25, 0.3) is 0 Å². The molecular weight excluding hydrogens is 238 g/mol. The first-order chi connectivity index (χ1) is 9.11. The van der Waals surface area contributed by atoms with Gasteiger partial charge in [-0.1, -0.05) is 12.1 Å². The molecule has 4 heteroatoms. The fraction of sp³-hybridized carbons (Fsp3) is 0.533. The van der Waals surface area contributed by atoms with Crippen LogP contribution in [0.2, 0.25) is 0 Å². The van der Waals surface area contributed by atoms with Crippen molar-refractivity contribution in [2.45, 2.75) is 38.8 Å². The van der Waals surface area contributed by atoms with Gasteiger partial charge in [-0.3, -0.25) is 4.79 Å². The summed E-state index contributed by atoms with van der Waals surface area (Å²) >= 11 is 0. The Hall–Kier alpha value is -1.39. The van der Waals surface area contributed by atoms with Gasteiger partial charge in [0.2, 0.25) is 5.91 Å². The van der Waals surface area contributed by atoms with Crippen LogP contribution in [0.5, 0.6) is 0 Å². The predicted octanol–water partition coefficient (Wildman–Crippen LogP) is 1.42. The summed E-state index contributed by atoms with van der Waals surface area (Å²) in [5.41, 5.74) is 9.40. The van der Waals surface area contributed by atoms with Gasteiger partial charge in [-0.2, -0.15) is 0 Å². The minimum atomic E-state index is 0.127. The Morgan fingerprint density at radius 2 is 2.21 bits per heavy atom. The number of hydrogen-bond donors (Lipinski definition) is 2. The van der Waals surface area contributed by atoms with Gasteiger partial charge in [0.25, 0.3) is 0 Å². The maximum atomic E-state index is 12.1. The average Bonchev–Trinajstić information content (AvgIpc) is 2.38. The van der Waals surface area contributed by atoms with E-state index >= 15 is 0 Å². The Bertz CT molecular complexity index is 457. The van der Waals surface area contributed by atoms with Crippen LogP contribution in [-0.2, 0) is 17.8 Å². The Labute approximate surface area is 115 Å². The highest BCUT2D eigenvalue weighted by Crippen LogP contribution is 2.29. The first-order valence-corrected chi connectivity index (χ1v) is 6.94. The number of nitrogens with one attached hydrogen (secondary N) is 1. The van der Waals surface area contributed by atoms with Crippen molar-refractivity contribution in [3.8, 4) is 0 Å². The standard InChI is InChI=1S/C15H23N3O/c1-11(16)7-8-18-14-5-3-12(10-17-2)9-13(14)4-6-15(18)19/h3,5,9,11,17H,4,6-8,10,16H2,1-2H3. The van der Waals surface area contributed by atoms with E-state index in [0.29, 0.717) is 6.42 Å². The van der Waals surface area contributed by atoms with E-state index in [9.17, 15) is 4.79 Å². The topological polar surface area (TPSA) is 58.4 Å². The Morgan fingerprint density at radius 1 is 1.42 bits per heavy atom. The van der Waals surface area contributed by atoms with Crippen LogP contribution in [0.3, 0.4) is 0 Å². The van der Waals surface area contributed by atoms with Crippen LogP contribution in [0.1, 0.15) is 30.9 Å². The molecule has 1 aliphatic rings. The first kappa shape index (κ1) is 14.0. The van der Waals surface area contributed by atoms with Crippen molar-refractivity contribution in [1.82, 2.24) is 5.32 Å². The number of hydrogen-bond acceptors (Lipinski definition) is 3. The zero-order chi connectivity index (χ0) is 13.8. The number of fused-ring (bicyclic) bond motifs is 1. The molecule has 0 aliphatic carbocycles. The quantitative estimate of drug-likeness (QED) is 0.843. The molecule has 3 N–H and O–H groups in total. The van der Waals surface area contributed by atoms with E-state index < -0.39 is 0 Å². The molecule has 0 saturated heterocycles. The molecular formula is C15H23N3O. The summed E-state index contributed by atoms with van der Waals surface area (Å²) in [6, 6.07) is 6.49. The van der Waals surface area contributed by atoms with Gasteiger partial charge in [-0.15, -0.1) is 0 Å². The predicted molar refractivity (Wildman–Crippen MR) is 78.1 cm³/mol. The van der Waals surface area contributed by atoms with Crippen molar-refractivity contribution in [2.24, 2.45) is 5.73 Å². The lowest BCUT2D eigenvalue weighted by atomic mass is 9.98. The molecule has 19 heavy (non-hydrogen) atoms. The van der Waals surface area contributed by atoms with Crippen LogP contribution in [0.4, 0.5) is 5.69 Å². The number of carbonyl (C=O) groups excluding carboxylic acids is 1. The van der Waals surface area contributed by atoms with E-state index in [1.165, 1.54) is 11.1 Å². The minimum Gasteiger partial charge on any atom is -0.328 e. The molecule has 1 unspecified atom stereocenters. The van der Waals surface area contributed by atoms with Crippen LogP contribution >= 0.6 is 0 Å². The fourth-order valence-electron chi connectivity index (χ4n) is 2.51. The fourth-order valence-corrected chi connectivity index (χ4v) is 2.51. The summed E-state index contributed by atoms with van der Waals surface area (Å²) in [7, 11) is 1.94. The number of aryl methyl sites for hydroxylation is 1. The Kier molecular flexibility index (Phi) is 4.56. The maximum Gasteiger partial charge on any atom is 0.227 e. The van der Waals surface area contributed by atoms with Crippen molar-refractivity contribution in [2.75, 3.05) is 18.5 Å². The van der Waals surface area contributed by atoms with E-state index in [4.69, 9.17) is 5.73 Å². The second-order valence-corrected chi connectivity index (χ2v) is 5.30. The molecule has 0 fully saturated rings. The van der Waals surface area contributed by atoms with Crippen molar-refractivity contribution in [3.05, 3.63) is 29.3 Å². The SMILES string of the molecule is CNCc1ccc2c(c1)CCC(=O)N2CCC(C)N. The molecule has 0 aromatic heterocycles. The van der Waals surface area contributed by atoms with Crippen molar-refractivity contribution in [3.63, 3.8) is 0 Å². The molecule has 104 valence electrons. The summed E-state index contributed by atoms with van der Waals surface area (Å²) in [5.74, 6) is 0.217. The third-order valence-corrected chi connectivity index (χ3v) is 3.53. The highest BCUT2D eigenvalue weighted by atomic mass is 16.2. The van der Waals surface area contributed by atoms with Gasteiger partial charge in [0, 0.05) is 31.2 Å². The lowest BCUT2D eigenvalue weighted by Crippen LogP contribution is -2.37. The summed E-state index contributed by atoms with van der Waals surface area (Å²) < 4.78 is 0. The summed E-state index contributed by atoms with van der Waals surface area (Å²) in [5, 5.41) is 3.15. The van der Waals surface area contributed by atoms with Gasteiger partial charge in [0.15, 0.2) is 0 Å². The molecule has 1 heterocycles. The average molecular weight is 261 g/mol. The lowest BCUT2D eigenvalue weighted by Gasteiger charge is -2.30. The van der Waals surface area contributed by atoms with Crippen molar-refractivity contribution in [1.29, 1.82) is 0 Å². The van der Waals surface area contributed by atoms with Crippen LogP contribution in [0.15, 0.2) is 18.2 Å². The molecule has 1 aromatic rings. The molecule has 0 radical (unpaired) electrons. The second-order valence-electron chi connectivity index (χ2n) is 5.30. The Balaban J connectivity index is 2.21. The largest absolute Gasteiger partial charge is 0.328 e. The number of benzene rings is 1. The first-order valence-electron chi connectivity index (χ1n) is 6.94. The molecule has 4 nitrogen and oxygen atoms in total. The van der Waals surface area contributed by atoms with Gasteiger partial charge in [0.1, 0.15) is 0 Å². The summed E-state index contributed by atoms with van der Waals surface area (Å²) in [6.07, 6.45) is 2.29. The highest BCUT2D eigenvalue weighted by molar-refractivity contribution is 5.96. The zero-order valence-corrected chi connectivity index (χ0v) is 11.8. The smallest absolute Gasteiger partial charge is 0.227 e. The molecule has 1 amide bonds. The summed E-state index contributed by atoms with van der Waals surface area (Å²) in [6.45, 7) is 3.56. The molecule has 0 saturated carbocycles. The number of nitrogens with zero attached hydrogens (tertiary/aromatic N) is 1. The third kappa shape index (κ3) is 3.33.